The molecule has 1 N–H and O–H groups in total. The number of aryl methyl sites for hydroxylation is 3. The van der Waals surface area contributed by atoms with Crippen molar-refractivity contribution in [3.05, 3.63) is 83.3 Å². The molecule has 0 spiro atoms. The first-order valence-corrected chi connectivity index (χ1v) is 15.9. The van der Waals surface area contributed by atoms with Gasteiger partial charge >= 0.3 is 6.09 Å². The number of hydrogen-bond donors (Lipinski definition) is 1. The molecule has 0 unspecified atom stereocenters. The number of ether oxygens (including phenoxy) is 4. The van der Waals surface area contributed by atoms with Gasteiger partial charge in [0.1, 0.15) is 23.1 Å². The van der Waals surface area contributed by atoms with Crippen molar-refractivity contribution in [1.29, 1.82) is 0 Å². The number of piperazine rings is 1. The van der Waals surface area contributed by atoms with E-state index in [2.05, 4.69) is 32.1 Å². The molecule has 254 valence electrons. The number of nitrogens with one attached hydrogen (secondary N) is 1. The Labute approximate surface area is 281 Å². The first-order valence-electron chi connectivity index (χ1n) is 15.9. The Balaban J connectivity index is 1.34. The molecule has 0 radical (unpaired) electrons. The first-order chi connectivity index (χ1) is 23.1. The van der Waals surface area contributed by atoms with Gasteiger partial charge in [0.05, 0.1) is 26.5 Å². The van der Waals surface area contributed by atoms with Gasteiger partial charge in [-0.1, -0.05) is 17.7 Å². The second kappa shape index (κ2) is 15.8. The van der Waals surface area contributed by atoms with Crippen LogP contribution in [0.4, 0.5) is 32.3 Å². The Morgan fingerprint density at radius 3 is 2.38 bits per heavy atom. The van der Waals surface area contributed by atoms with Crippen molar-refractivity contribution in [2.75, 3.05) is 70.8 Å². The number of likely N-dealkylation sites (N-methyl/N-ethyl adjacent to an activating group) is 1. The second-order valence-corrected chi connectivity index (χ2v) is 11.8. The van der Waals surface area contributed by atoms with Gasteiger partial charge < -0.3 is 34.1 Å². The maximum absolute atomic E-state index is 15.0. The molecule has 1 fully saturated rings. The largest absolute Gasteiger partial charge is 0.497 e. The van der Waals surface area contributed by atoms with E-state index in [-0.39, 0.29) is 17.5 Å². The van der Waals surface area contributed by atoms with Crippen LogP contribution in [0.25, 0.3) is 0 Å². The maximum atomic E-state index is 15.0. The van der Waals surface area contributed by atoms with E-state index in [1.165, 1.54) is 24.3 Å². The van der Waals surface area contributed by atoms with Gasteiger partial charge in [-0.3, -0.25) is 0 Å². The summed E-state index contributed by atoms with van der Waals surface area (Å²) in [5.74, 6) is 1.36. The monoisotopic (exact) mass is 658 g/mol. The maximum Gasteiger partial charge on any atom is 0.425 e. The molecule has 4 aromatic rings. The summed E-state index contributed by atoms with van der Waals surface area (Å²) in [6, 6.07) is 15.1. The van der Waals surface area contributed by atoms with Gasteiger partial charge in [-0.15, -0.1) is 0 Å². The third-order valence-corrected chi connectivity index (χ3v) is 8.13. The molecule has 1 aliphatic rings. The van der Waals surface area contributed by atoms with Gasteiger partial charge in [-0.2, -0.15) is 4.98 Å². The molecule has 12 heteroatoms. The Bertz CT molecular complexity index is 1710. The zero-order chi connectivity index (χ0) is 34.2. The van der Waals surface area contributed by atoms with Crippen molar-refractivity contribution in [3.8, 4) is 23.0 Å². The summed E-state index contributed by atoms with van der Waals surface area (Å²) in [5.41, 5.74) is 3.48. The molecule has 0 atom stereocenters. The number of halogens is 1. The number of rotatable bonds is 12. The zero-order valence-electron chi connectivity index (χ0n) is 28.4. The normalized spacial score (nSPS) is 13.6. The predicted octanol–water partition coefficient (Wildman–Crippen LogP) is 6.66. The van der Waals surface area contributed by atoms with E-state index in [9.17, 15) is 4.79 Å². The number of benzene rings is 3. The Morgan fingerprint density at radius 2 is 1.69 bits per heavy atom. The van der Waals surface area contributed by atoms with Crippen LogP contribution in [-0.2, 0) is 0 Å². The summed E-state index contributed by atoms with van der Waals surface area (Å²) in [6.07, 6.45) is 1.60. The fourth-order valence-electron chi connectivity index (χ4n) is 5.65. The lowest BCUT2D eigenvalue weighted by molar-refractivity contribution is 0.145. The molecule has 0 aliphatic carbocycles. The van der Waals surface area contributed by atoms with Gasteiger partial charge in [-0.05, 0) is 69.6 Å². The highest BCUT2D eigenvalue weighted by atomic mass is 19.1. The van der Waals surface area contributed by atoms with Crippen LogP contribution < -0.4 is 29.2 Å². The molecule has 0 saturated carbocycles. The summed E-state index contributed by atoms with van der Waals surface area (Å²) < 4.78 is 37.7. The van der Waals surface area contributed by atoms with Gasteiger partial charge in [-0.25, -0.2) is 19.1 Å². The van der Waals surface area contributed by atoms with Crippen LogP contribution in [0, 0.1) is 26.6 Å². The lowest BCUT2D eigenvalue weighted by atomic mass is 10.1. The summed E-state index contributed by atoms with van der Waals surface area (Å²) in [5, 5.41) is 3.03. The summed E-state index contributed by atoms with van der Waals surface area (Å²) >= 11 is 0. The molecule has 1 amide bonds. The van der Waals surface area contributed by atoms with E-state index in [4.69, 9.17) is 18.9 Å². The lowest BCUT2D eigenvalue weighted by Gasteiger charge is -2.32. The molecule has 1 saturated heterocycles. The summed E-state index contributed by atoms with van der Waals surface area (Å²) in [6.45, 7) is 11.3. The minimum absolute atomic E-state index is 0.140. The van der Waals surface area contributed by atoms with Crippen LogP contribution in [0.1, 0.15) is 23.1 Å². The standard InChI is InChI=1S/C36H43FN6O5/c1-24-20-25(2)34(26(3)21-24)48-36(44)43(30-10-9-28(45-5)23-32(30)46-6)33-12-13-38-35(40-33)39-27-8-11-31(29(37)22-27)47-19-7-14-42-17-15-41(4)16-18-42/h8-13,20-23H,7,14-19H2,1-6H3,(H,38,39,40). The Hall–Kier alpha value is -4.94. The fourth-order valence-corrected chi connectivity index (χ4v) is 5.65. The van der Waals surface area contributed by atoms with Crippen molar-refractivity contribution in [2.45, 2.75) is 27.2 Å². The second-order valence-electron chi connectivity index (χ2n) is 11.8. The van der Waals surface area contributed by atoms with Crippen LogP contribution in [0.3, 0.4) is 0 Å². The summed E-state index contributed by atoms with van der Waals surface area (Å²) in [4.78, 5) is 28.9. The number of anilines is 4. The smallest absolute Gasteiger partial charge is 0.425 e. The van der Waals surface area contributed by atoms with E-state index in [1.807, 2.05) is 32.9 Å². The van der Waals surface area contributed by atoms with Crippen molar-refractivity contribution < 1.29 is 28.1 Å². The molecule has 0 bridgehead atoms. The number of carbonyl (C=O) groups is 1. The summed E-state index contributed by atoms with van der Waals surface area (Å²) in [7, 11) is 5.17. The number of methoxy groups -OCH3 is 2. The van der Waals surface area contributed by atoms with Crippen molar-refractivity contribution in [2.24, 2.45) is 0 Å². The molecular formula is C36H43FN6O5. The van der Waals surface area contributed by atoms with Crippen molar-refractivity contribution >= 4 is 29.2 Å². The van der Waals surface area contributed by atoms with Crippen molar-refractivity contribution in [3.63, 3.8) is 0 Å². The highest BCUT2D eigenvalue weighted by molar-refractivity contribution is 5.98. The van der Waals surface area contributed by atoms with Crippen LogP contribution in [0.5, 0.6) is 23.0 Å². The van der Waals surface area contributed by atoms with Gasteiger partial charge in [0.2, 0.25) is 5.95 Å². The molecule has 48 heavy (non-hydrogen) atoms. The molecule has 11 nitrogen and oxygen atoms in total. The molecule has 3 aromatic carbocycles. The van der Waals surface area contributed by atoms with E-state index in [0.29, 0.717) is 35.2 Å². The number of hydrogen-bond acceptors (Lipinski definition) is 10. The number of nitrogens with zero attached hydrogens (tertiary/aromatic N) is 5. The van der Waals surface area contributed by atoms with Crippen LogP contribution in [0.2, 0.25) is 0 Å². The molecule has 1 aromatic heterocycles. The average molecular weight is 659 g/mol. The predicted molar refractivity (Wildman–Crippen MR) is 184 cm³/mol. The van der Waals surface area contributed by atoms with Gasteiger partial charge in [0, 0.05) is 62.8 Å². The minimum Gasteiger partial charge on any atom is -0.497 e. The number of aromatic nitrogens is 2. The first kappa shape index (κ1) is 34.4. The van der Waals surface area contributed by atoms with Crippen LogP contribution in [0.15, 0.2) is 60.8 Å². The lowest BCUT2D eigenvalue weighted by Crippen LogP contribution is -2.44. The number of amides is 1. The van der Waals surface area contributed by atoms with Gasteiger partial charge in [0.25, 0.3) is 0 Å². The third kappa shape index (κ3) is 8.50. The van der Waals surface area contributed by atoms with Crippen LogP contribution in [-0.4, -0.2) is 86.5 Å². The fraction of sp³-hybridized carbons (Fsp3) is 0.361. The minimum atomic E-state index is -0.710. The molecular weight excluding hydrogens is 615 g/mol. The van der Waals surface area contributed by atoms with E-state index in [0.717, 1.165) is 55.8 Å². The highest BCUT2D eigenvalue weighted by Crippen LogP contribution is 2.37. The molecule has 5 rings (SSSR count). The van der Waals surface area contributed by atoms with E-state index in [1.54, 1.807) is 43.5 Å². The van der Waals surface area contributed by atoms with Crippen LogP contribution >= 0.6 is 0 Å². The topological polar surface area (TPSA) is 102 Å². The SMILES string of the molecule is COc1ccc(N(C(=O)Oc2c(C)cc(C)cc2C)c2ccnc(Nc3ccc(OCCCN4CCN(C)CC4)c(F)c3)n2)c(OC)c1. The Morgan fingerprint density at radius 1 is 0.938 bits per heavy atom. The van der Waals surface area contributed by atoms with E-state index < -0.39 is 11.9 Å². The highest BCUT2D eigenvalue weighted by Gasteiger charge is 2.27. The average Bonchev–Trinajstić information content (AvgIpc) is 3.07. The van der Waals surface area contributed by atoms with E-state index >= 15 is 4.39 Å². The Kier molecular flexibility index (Phi) is 11.3. The molecule has 2 heterocycles. The third-order valence-electron chi connectivity index (χ3n) is 8.13. The number of carbonyl (C=O) groups excluding carboxylic acids is 1. The zero-order valence-corrected chi connectivity index (χ0v) is 28.4. The van der Waals surface area contributed by atoms with Gasteiger partial charge in [0.15, 0.2) is 11.6 Å². The van der Waals surface area contributed by atoms with Crippen molar-refractivity contribution in [1.82, 2.24) is 19.8 Å². The quantitative estimate of drug-likeness (QED) is 0.166. The molecule has 1 aliphatic heterocycles.